The van der Waals surface area contributed by atoms with Gasteiger partial charge in [0.15, 0.2) is 5.65 Å². The van der Waals surface area contributed by atoms with E-state index in [1.807, 2.05) is 31.3 Å². The van der Waals surface area contributed by atoms with Gasteiger partial charge in [0.05, 0.1) is 11.6 Å². The van der Waals surface area contributed by atoms with Crippen LogP contribution in [0.4, 0.5) is 5.82 Å². The number of hydrogen-bond donors (Lipinski definition) is 4. The maximum atomic E-state index is 9.29. The summed E-state index contributed by atoms with van der Waals surface area (Å²) < 4.78 is 0. The van der Waals surface area contributed by atoms with Crippen molar-refractivity contribution < 1.29 is 5.11 Å². The molecule has 0 aliphatic carbocycles. The third kappa shape index (κ3) is 2.80. The Morgan fingerprint density at radius 1 is 1.19 bits per heavy atom. The number of nitrogens with zero attached hydrogens (tertiary/aromatic N) is 2. The van der Waals surface area contributed by atoms with Gasteiger partial charge in [-0.25, -0.2) is 9.97 Å². The van der Waals surface area contributed by atoms with Crippen LogP contribution in [0.1, 0.15) is 17.4 Å². The first kappa shape index (κ1) is 13.4. The highest BCUT2D eigenvalue weighted by molar-refractivity contribution is 5.73. The first-order chi connectivity index (χ1) is 10.2. The number of aromatic nitrogens is 3. The van der Waals surface area contributed by atoms with Gasteiger partial charge in [-0.3, -0.25) is 0 Å². The number of anilines is 1. The third-order valence-corrected chi connectivity index (χ3v) is 3.36. The molecule has 21 heavy (non-hydrogen) atoms. The van der Waals surface area contributed by atoms with Crippen molar-refractivity contribution in [2.24, 2.45) is 5.73 Å². The molecule has 0 saturated heterocycles. The molecule has 0 spiro atoms. The van der Waals surface area contributed by atoms with E-state index in [1.54, 1.807) is 12.1 Å². The van der Waals surface area contributed by atoms with Crippen molar-refractivity contribution >= 4 is 17.0 Å². The van der Waals surface area contributed by atoms with Crippen molar-refractivity contribution in [3.63, 3.8) is 0 Å². The van der Waals surface area contributed by atoms with E-state index in [4.69, 9.17) is 5.73 Å². The Balaban J connectivity index is 1.83. The van der Waals surface area contributed by atoms with E-state index in [2.05, 4.69) is 20.3 Å². The van der Waals surface area contributed by atoms with Crippen molar-refractivity contribution in [3.05, 3.63) is 47.8 Å². The summed E-state index contributed by atoms with van der Waals surface area (Å²) in [7, 11) is 1.82. The number of aromatic amines is 1. The zero-order chi connectivity index (χ0) is 14.8. The lowest BCUT2D eigenvalue weighted by Crippen LogP contribution is -2.14. The van der Waals surface area contributed by atoms with Crippen LogP contribution in [0.3, 0.4) is 0 Å². The van der Waals surface area contributed by atoms with E-state index in [0.29, 0.717) is 17.9 Å². The quantitative estimate of drug-likeness (QED) is 0.586. The Bertz CT molecular complexity index is 750. The Kier molecular flexibility index (Phi) is 3.45. The summed E-state index contributed by atoms with van der Waals surface area (Å²) in [6, 6.07) is 10.6. The van der Waals surface area contributed by atoms with E-state index in [1.165, 1.54) is 0 Å². The van der Waals surface area contributed by atoms with Crippen LogP contribution in [0.5, 0.6) is 5.75 Å². The van der Waals surface area contributed by atoms with Gasteiger partial charge in [-0.15, -0.1) is 0 Å². The first-order valence-corrected chi connectivity index (χ1v) is 6.73. The van der Waals surface area contributed by atoms with Crippen LogP contribution in [-0.2, 0) is 6.42 Å². The van der Waals surface area contributed by atoms with Crippen molar-refractivity contribution in [2.45, 2.75) is 12.5 Å². The number of H-pyrrole nitrogens is 1. The minimum Gasteiger partial charge on any atom is -0.508 e. The summed E-state index contributed by atoms with van der Waals surface area (Å²) in [4.78, 5) is 12.0. The monoisotopic (exact) mass is 283 g/mol. The van der Waals surface area contributed by atoms with Crippen LogP contribution in [0, 0.1) is 0 Å². The number of imidazole rings is 1. The summed E-state index contributed by atoms with van der Waals surface area (Å²) in [5.74, 6) is 1.73. The number of hydrogen-bond acceptors (Lipinski definition) is 5. The van der Waals surface area contributed by atoms with E-state index in [0.717, 1.165) is 16.9 Å². The third-order valence-electron chi connectivity index (χ3n) is 3.36. The van der Waals surface area contributed by atoms with E-state index < -0.39 is 0 Å². The normalized spacial score (nSPS) is 12.5. The minimum atomic E-state index is -0.248. The molecule has 1 atom stereocenters. The van der Waals surface area contributed by atoms with Crippen LogP contribution in [0.15, 0.2) is 36.4 Å². The van der Waals surface area contributed by atoms with Gasteiger partial charge in [0, 0.05) is 7.05 Å². The SMILES string of the molecule is CNc1ccc2[nH]c(C(N)Cc3ccc(O)cc3)nc2n1. The molecule has 3 rings (SSSR count). The maximum Gasteiger partial charge on any atom is 0.179 e. The smallest absolute Gasteiger partial charge is 0.179 e. The number of pyridine rings is 1. The van der Waals surface area contributed by atoms with Crippen molar-refractivity contribution in [3.8, 4) is 5.75 Å². The highest BCUT2D eigenvalue weighted by atomic mass is 16.3. The maximum absolute atomic E-state index is 9.29. The van der Waals surface area contributed by atoms with E-state index >= 15 is 0 Å². The molecule has 0 amide bonds. The zero-order valence-corrected chi connectivity index (χ0v) is 11.7. The van der Waals surface area contributed by atoms with Crippen LogP contribution in [0.25, 0.3) is 11.2 Å². The molecule has 1 unspecified atom stereocenters. The van der Waals surface area contributed by atoms with E-state index in [9.17, 15) is 5.11 Å². The summed E-state index contributed by atoms with van der Waals surface area (Å²) in [6.07, 6.45) is 0.638. The average Bonchev–Trinajstić information content (AvgIpc) is 2.92. The van der Waals surface area contributed by atoms with Gasteiger partial charge in [-0.1, -0.05) is 12.1 Å². The predicted octanol–water partition coefficient (Wildman–Crippen LogP) is 1.95. The summed E-state index contributed by atoms with van der Waals surface area (Å²) in [6.45, 7) is 0. The highest BCUT2D eigenvalue weighted by Crippen LogP contribution is 2.19. The number of phenols is 1. The summed E-state index contributed by atoms with van der Waals surface area (Å²) >= 11 is 0. The molecule has 0 aliphatic rings. The van der Waals surface area contributed by atoms with Gasteiger partial charge in [-0.05, 0) is 36.2 Å². The second-order valence-electron chi connectivity index (χ2n) is 4.92. The Morgan fingerprint density at radius 2 is 1.95 bits per heavy atom. The molecule has 2 heterocycles. The molecule has 0 fully saturated rings. The summed E-state index contributed by atoms with van der Waals surface area (Å²) in [5, 5.41) is 12.3. The molecule has 0 aliphatic heterocycles. The number of nitrogens with one attached hydrogen (secondary N) is 2. The van der Waals surface area contributed by atoms with Gasteiger partial charge in [-0.2, -0.15) is 0 Å². The number of fused-ring (bicyclic) bond motifs is 1. The standard InChI is InChI=1S/C15H17N5O/c1-17-13-7-6-12-15(19-13)20-14(18-12)11(16)8-9-2-4-10(21)5-3-9/h2-7,11,21H,8,16H2,1H3,(H2,17,18,19,20). The van der Waals surface area contributed by atoms with Crippen molar-refractivity contribution in [2.75, 3.05) is 12.4 Å². The number of nitrogens with two attached hydrogens (primary N) is 1. The Morgan fingerprint density at radius 3 is 2.67 bits per heavy atom. The fourth-order valence-corrected chi connectivity index (χ4v) is 2.21. The van der Waals surface area contributed by atoms with Gasteiger partial charge in [0.25, 0.3) is 0 Å². The fourth-order valence-electron chi connectivity index (χ4n) is 2.21. The van der Waals surface area contributed by atoms with E-state index in [-0.39, 0.29) is 11.8 Å². The molecule has 6 heteroatoms. The lowest BCUT2D eigenvalue weighted by Gasteiger charge is -2.08. The molecule has 0 bridgehead atoms. The lowest BCUT2D eigenvalue weighted by molar-refractivity contribution is 0.475. The van der Waals surface area contributed by atoms with Gasteiger partial charge < -0.3 is 21.1 Å². The second kappa shape index (κ2) is 5.41. The topological polar surface area (TPSA) is 99.9 Å². The second-order valence-corrected chi connectivity index (χ2v) is 4.92. The highest BCUT2D eigenvalue weighted by Gasteiger charge is 2.13. The lowest BCUT2D eigenvalue weighted by atomic mass is 10.1. The molecule has 5 N–H and O–H groups in total. The molecular formula is C15H17N5O. The predicted molar refractivity (Wildman–Crippen MR) is 82.2 cm³/mol. The van der Waals surface area contributed by atoms with Crippen LogP contribution in [0.2, 0.25) is 0 Å². The largest absolute Gasteiger partial charge is 0.508 e. The van der Waals surface area contributed by atoms with Crippen LogP contribution < -0.4 is 11.1 Å². The molecule has 1 aromatic carbocycles. The molecule has 6 nitrogen and oxygen atoms in total. The molecule has 108 valence electrons. The molecular weight excluding hydrogens is 266 g/mol. The Hall–Kier alpha value is -2.60. The fraction of sp³-hybridized carbons (Fsp3) is 0.200. The zero-order valence-electron chi connectivity index (χ0n) is 11.7. The Labute approximate surface area is 122 Å². The van der Waals surface area contributed by atoms with Gasteiger partial charge in [0.2, 0.25) is 0 Å². The van der Waals surface area contributed by atoms with Gasteiger partial charge >= 0.3 is 0 Å². The molecule has 2 aromatic heterocycles. The minimum absolute atomic E-state index is 0.248. The van der Waals surface area contributed by atoms with Crippen molar-refractivity contribution in [1.29, 1.82) is 0 Å². The molecule has 0 radical (unpaired) electrons. The van der Waals surface area contributed by atoms with Crippen LogP contribution >= 0.6 is 0 Å². The first-order valence-electron chi connectivity index (χ1n) is 6.73. The average molecular weight is 283 g/mol. The molecule has 3 aromatic rings. The number of rotatable bonds is 4. The molecule has 0 saturated carbocycles. The van der Waals surface area contributed by atoms with Crippen LogP contribution in [-0.4, -0.2) is 27.1 Å². The number of benzene rings is 1. The summed E-state index contributed by atoms with van der Waals surface area (Å²) in [5.41, 5.74) is 8.76. The number of phenolic OH excluding ortho intramolecular Hbond substituents is 1. The number of aromatic hydroxyl groups is 1. The van der Waals surface area contributed by atoms with Gasteiger partial charge in [0.1, 0.15) is 17.4 Å². The van der Waals surface area contributed by atoms with Crippen molar-refractivity contribution in [1.82, 2.24) is 15.0 Å².